The van der Waals surface area contributed by atoms with Crippen LogP contribution >= 0.6 is 23.1 Å². The Bertz CT molecular complexity index is 1330. The summed E-state index contributed by atoms with van der Waals surface area (Å²) in [6.45, 7) is 6.01. The highest BCUT2D eigenvalue weighted by Crippen LogP contribution is 2.33. The van der Waals surface area contributed by atoms with Gasteiger partial charge in [0.1, 0.15) is 5.03 Å². The van der Waals surface area contributed by atoms with Crippen molar-refractivity contribution in [1.82, 2.24) is 29.2 Å². The molecule has 0 radical (unpaired) electrons. The van der Waals surface area contributed by atoms with Gasteiger partial charge in [-0.3, -0.25) is 19.0 Å². The Balaban J connectivity index is 1.05. The molecule has 35 heavy (non-hydrogen) atoms. The van der Waals surface area contributed by atoms with E-state index < -0.39 is 0 Å². The van der Waals surface area contributed by atoms with Gasteiger partial charge in [-0.15, -0.1) is 0 Å². The predicted molar refractivity (Wildman–Crippen MR) is 137 cm³/mol. The molecule has 0 unspecified atom stereocenters. The number of piperazine rings is 1. The minimum Gasteiger partial charge on any atom is -0.381 e. The van der Waals surface area contributed by atoms with E-state index >= 15 is 0 Å². The number of aromatic nitrogens is 4. The minimum atomic E-state index is -0.00333. The van der Waals surface area contributed by atoms with Crippen molar-refractivity contribution in [2.24, 2.45) is 0 Å². The van der Waals surface area contributed by atoms with Gasteiger partial charge < -0.3 is 10.1 Å². The third-order valence-electron chi connectivity index (χ3n) is 6.56. The van der Waals surface area contributed by atoms with E-state index in [1.54, 1.807) is 18.0 Å². The number of thiazole rings is 1. The summed E-state index contributed by atoms with van der Waals surface area (Å²) in [4.78, 5) is 31.8. The number of benzene rings is 1. The van der Waals surface area contributed by atoms with Crippen LogP contribution in [0.4, 0.5) is 5.13 Å². The predicted octanol–water partition coefficient (Wildman–Crippen LogP) is 3.23. The first kappa shape index (κ1) is 22.9. The van der Waals surface area contributed by atoms with Gasteiger partial charge in [0.25, 0.3) is 0 Å². The summed E-state index contributed by atoms with van der Waals surface area (Å²) in [5, 5.41) is 4.66. The molecule has 5 heterocycles. The van der Waals surface area contributed by atoms with Gasteiger partial charge in [0.2, 0.25) is 11.7 Å². The number of ether oxygens (including phenoxy) is 1. The van der Waals surface area contributed by atoms with Gasteiger partial charge >= 0.3 is 0 Å². The molecule has 2 fully saturated rings. The second-order valence-corrected chi connectivity index (χ2v) is 11.0. The highest BCUT2D eigenvalue weighted by Gasteiger charge is 2.26. The van der Waals surface area contributed by atoms with E-state index in [2.05, 4.69) is 36.1 Å². The Morgan fingerprint density at radius 3 is 2.89 bits per heavy atom. The van der Waals surface area contributed by atoms with Gasteiger partial charge in [-0.05, 0) is 37.1 Å². The number of hydrogen-bond acceptors (Lipinski definition) is 9. The topological polar surface area (TPSA) is 87.9 Å². The minimum absolute atomic E-state index is 0.00333. The van der Waals surface area contributed by atoms with E-state index in [0.717, 1.165) is 72.4 Å². The first-order valence-electron chi connectivity index (χ1n) is 11.9. The highest BCUT2D eigenvalue weighted by atomic mass is 32.2. The average molecular weight is 510 g/mol. The summed E-state index contributed by atoms with van der Waals surface area (Å²) in [6.07, 6.45) is 7.77. The summed E-state index contributed by atoms with van der Waals surface area (Å²) < 4.78 is 8.50. The summed E-state index contributed by atoms with van der Waals surface area (Å²) in [5.74, 6) is 0.681. The molecule has 1 N–H and O–H groups in total. The molecule has 6 rings (SSSR count). The molecule has 0 atom stereocenters. The molecule has 1 amide bonds. The number of carbonyl (C=O) groups excluding carboxylic acids is 1. The molecule has 182 valence electrons. The number of anilines is 1. The first-order valence-corrected chi connectivity index (χ1v) is 13.5. The molecule has 0 aliphatic carbocycles. The number of nitrogens with one attached hydrogen (secondary N) is 1. The number of amides is 1. The van der Waals surface area contributed by atoms with Gasteiger partial charge in [-0.1, -0.05) is 23.1 Å². The van der Waals surface area contributed by atoms with E-state index in [0.29, 0.717) is 23.5 Å². The number of nitrogens with zero attached hydrogens (tertiary/aromatic N) is 6. The van der Waals surface area contributed by atoms with Crippen LogP contribution in [0.15, 0.2) is 52.8 Å². The standard InChI is InChI=1S/C24H27N7O2S2/c32-21(16-29-8-10-30(11-9-29)17-4-12-33-13-5-17)28-24-27-19-3-2-18(14-20(19)35-24)34-22-15-26-23-25-6-1-7-31(22)23/h1-3,6-7,14-15,17H,4-5,8-13,16H2,(H,27,28,32). The summed E-state index contributed by atoms with van der Waals surface area (Å²) >= 11 is 3.14. The molecule has 2 aliphatic rings. The number of rotatable bonds is 6. The molecule has 1 aromatic carbocycles. The zero-order chi connectivity index (χ0) is 23.6. The lowest BCUT2D eigenvalue weighted by atomic mass is 10.1. The smallest absolute Gasteiger partial charge is 0.240 e. The Hall–Kier alpha value is -2.57. The molecule has 3 aromatic heterocycles. The van der Waals surface area contributed by atoms with Crippen LogP contribution in [0.5, 0.6) is 0 Å². The van der Waals surface area contributed by atoms with Crippen LogP contribution in [0.1, 0.15) is 12.8 Å². The molecule has 0 saturated carbocycles. The maximum atomic E-state index is 12.7. The lowest BCUT2D eigenvalue weighted by Gasteiger charge is -2.40. The second kappa shape index (κ2) is 10.2. The van der Waals surface area contributed by atoms with Crippen molar-refractivity contribution >= 4 is 50.1 Å². The Morgan fingerprint density at radius 2 is 2.03 bits per heavy atom. The molecule has 0 spiro atoms. The van der Waals surface area contributed by atoms with Gasteiger partial charge in [0.15, 0.2) is 5.13 Å². The first-order chi connectivity index (χ1) is 17.2. The van der Waals surface area contributed by atoms with Crippen molar-refractivity contribution < 1.29 is 9.53 Å². The molecule has 11 heteroatoms. The van der Waals surface area contributed by atoms with Crippen LogP contribution in [0.3, 0.4) is 0 Å². The molecule has 2 saturated heterocycles. The van der Waals surface area contributed by atoms with E-state index in [-0.39, 0.29) is 5.91 Å². The third-order valence-corrected chi connectivity index (χ3v) is 8.50. The van der Waals surface area contributed by atoms with Crippen molar-refractivity contribution in [3.63, 3.8) is 0 Å². The van der Waals surface area contributed by atoms with E-state index in [4.69, 9.17) is 4.74 Å². The Kier molecular flexibility index (Phi) is 6.66. The van der Waals surface area contributed by atoms with E-state index in [1.165, 1.54) is 11.3 Å². The lowest BCUT2D eigenvalue weighted by Crippen LogP contribution is -2.52. The monoisotopic (exact) mass is 509 g/mol. The van der Waals surface area contributed by atoms with E-state index in [1.807, 2.05) is 35.0 Å². The van der Waals surface area contributed by atoms with Gasteiger partial charge in [-0.2, -0.15) is 0 Å². The number of imidazole rings is 1. The zero-order valence-corrected chi connectivity index (χ0v) is 20.9. The van der Waals surface area contributed by atoms with Crippen molar-refractivity contribution in [3.8, 4) is 0 Å². The summed E-state index contributed by atoms with van der Waals surface area (Å²) in [7, 11) is 0. The maximum absolute atomic E-state index is 12.7. The van der Waals surface area contributed by atoms with E-state index in [9.17, 15) is 4.79 Å². The SMILES string of the molecule is O=C(CN1CCN(C2CCOCC2)CC1)Nc1nc2ccc(Sc3cnc4ncccn34)cc2s1. The molecular formula is C24H27N7O2S2. The fraction of sp³-hybridized carbons (Fsp3) is 0.417. The highest BCUT2D eigenvalue weighted by molar-refractivity contribution is 7.99. The fourth-order valence-electron chi connectivity index (χ4n) is 4.72. The summed E-state index contributed by atoms with van der Waals surface area (Å²) in [6, 6.07) is 8.69. The summed E-state index contributed by atoms with van der Waals surface area (Å²) in [5.41, 5.74) is 0.888. The maximum Gasteiger partial charge on any atom is 0.240 e. The fourth-order valence-corrected chi connectivity index (χ4v) is 6.62. The van der Waals surface area contributed by atoms with Crippen LogP contribution in [-0.2, 0) is 9.53 Å². The average Bonchev–Trinajstić information content (AvgIpc) is 3.48. The Labute approximate surface area is 211 Å². The molecular weight excluding hydrogens is 482 g/mol. The van der Waals surface area contributed by atoms with Crippen LogP contribution in [0.25, 0.3) is 16.0 Å². The van der Waals surface area contributed by atoms with Crippen molar-refractivity contribution in [2.45, 2.75) is 28.8 Å². The normalized spacial score (nSPS) is 18.4. The van der Waals surface area contributed by atoms with Crippen LogP contribution in [0, 0.1) is 0 Å². The second-order valence-electron chi connectivity index (χ2n) is 8.84. The molecule has 0 bridgehead atoms. The van der Waals surface area contributed by atoms with Crippen molar-refractivity contribution in [2.75, 3.05) is 51.3 Å². The lowest BCUT2D eigenvalue weighted by molar-refractivity contribution is -0.117. The number of carbonyl (C=O) groups is 1. The number of fused-ring (bicyclic) bond motifs is 2. The van der Waals surface area contributed by atoms with Gasteiger partial charge in [0, 0.05) is 62.7 Å². The quantitative estimate of drug-likeness (QED) is 0.424. The molecule has 2 aliphatic heterocycles. The molecule has 9 nitrogen and oxygen atoms in total. The Morgan fingerprint density at radius 1 is 1.17 bits per heavy atom. The van der Waals surface area contributed by atoms with Crippen LogP contribution in [0.2, 0.25) is 0 Å². The largest absolute Gasteiger partial charge is 0.381 e. The number of hydrogen-bond donors (Lipinski definition) is 1. The van der Waals surface area contributed by atoms with Gasteiger partial charge in [-0.25, -0.2) is 15.0 Å². The van der Waals surface area contributed by atoms with Crippen molar-refractivity contribution in [1.29, 1.82) is 0 Å². The van der Waals surface area contributed by atoms with Crippen LogP contribution < -0.4 is 5.32 Å². The molecule has 4 aromatic rings. The van der Waals surface area contributed by atoms with Gasteiger partial charge in [0.05, 0.1) is 23.0 Å². The third kappa shape index (κ3) is 5.19. The van der Waals surface area contributed by atoms with Crippen molar-refractivity contribution in [3.05, 3.63) is 42.9 Å². The van der Waals surface area contributed by atoms with Crippen LogP contribution in [-0.4, -0.2) is 87.0 Å². The zero-order valence-electron chi connectivity index (χ0n) is 19.3.